The lowest BCUT2D eigenvalue weighted by atomic mass is 9.92. The average molecular weight is 261 g/mol. The second-order valence-electron chi connectivity index (χ2n) is 6.02. The Morgan fingerprint density at radius 3 is 2.16 bits per heavy atom. The van der Waals surface area contributed by atoms with Crippen LogP contribution in [0.4, 0.5) is 0 Å². The Morgan fingerprint density at radius 2 is 1.58 bits per heavy atom. The van der Waals surface area contributed by atoms with Crippen LogP contribution < -0.4 is 5.32 Å². The van der Waals surface area contributed by atoms with E-state index in [0.717, 1.165) is 5.92 Å². The molecule has 1 aliphatic rings. The summed E-state index contributed by atoms with van der Waals surface area (Å²) in [4.78, 5) is 0. The van der Waals surface area contributed by atoms with Gasteiger partial charge in [-0.3, -0.25) is 0 Å². The third-order valence-electron chi connectivity index (χ3n) is 4.51. The molecule has 0 aliphatic heterocycles. The maximum atomic E-state index is 9.34. The molecule has 0 spiro atoms. The third kappa shape index (κ3) is 4.24. The van der Waals surface area contributed by atoms with Gasteiger partial charge >= 0.3 is 0 Å². The second kappa shape index (κ2) is 6.95. The van der Waals surface area contributed by atoms with Crippen molar-refractivity contribution in [1.82, 2.24) is 5.32 Å². The molecular weight excluding hydrogens is 234 g/mol. The van der Waals surface area contributed by atoms with Gasteiger partial charge in [0.05, 0.1) is 0 Å². The zero-order valence-electron chi connectivity index (χ0n) is 12.2. The summed E-state index contributed by atoms with van der Waals surface area (Å²) in [7, 11) is 0. The quantitative estimate of drug-likeness (QED) is 0.787. The number of hydrogen-bond acceptors (Lipinski definition) is 2. The first-order chi connectivity index (χ1) is 9.16. The van der Waals surface area contributed by atoms with Gasteiger partial charge < -0.3 is 10.4 Å². The van der Waals surface area contributed by atoms with E-state index >= 15 is 0 Å². The summed E-state index contributed by atoms with van der Waals surface area (Å²) in [5, 5.41) is 13.1. The van der Waals surface area contributed by atoms with Crippen LogP contribution in [-0.2, 0) is 0 Å². The molecule has 2 N–H and O–H groups in total. The fourth-order valence-electron chi connectivity index (χ4n) is 3.20. The van der Waals surface area contributed by atoms with Crippen molar-refractivity contribution < 1.29 is 5.11 Å². The van der Waals surface area contributed by atoms with Crippen LogP contribution in [-0.4, -0.2) is 11.1 Å². The SMILES string of the molecule is CC(N[C@@H](C)C1CCCCCC1)c1ccc(O)cc1. The molecule has 0 amide bonds. The number of hydrogen-bond donors (Lipinski definition) is 2. The van der Waals surface area contributed by atoms with E-state index in [1.807, 2.05) is 12.1 Å². The normalized spacial score (nSPS) is 20.7. The van der Waals surface area contributed by atoms with Crippen LogP contribution in [0, 0.1) is 5.92 Å². The first-order valence-corrected chi connectivity index (χ1v) is 7.72. The number of nitrogens with one attached hydrogen (secondary N) is 1. The molecule has 1 aliphatic carbocycles. The van der Waals surface area contributed by atoms with Gasteiger partial charge in [0.15, 0.2) is 0 Å². The molecule has 2 heteroatoms. The molecule has 1 saturated carbocycles. The predicted octanol–water partition coefficient (Wildman–Crippen LogP) is 4.40. The van der Waals surface area contributed by atoms with Crippen LogP contribution in [0.15, 0.2) is 24.3 Å². The van der Waals surface area contributed by atoms with E-state index in [4.69, 9.17) is 0 Å². The monoisotopic (exact) mass is 261 g/mol. The molecule has 1 unspecified atom stereocenters. The van der Waals surface area contributed by atoms with Crippen molar-refractivity contribution in [3.05, 3.63) is 29.8 Å². The van der Waals surface area contributed by atoms with Crippen molar-refractivity contribution >= 4 is 0 Å². The molecule has 0 bridgehead atoms. The largest absolute Gasteiger partial charge is 0.508 e. The van der Waals surface area contributed by atoms with Crippen molar-refractivity contribution in [1.29, 1.82) is 0 Å². The van der Waals surface area contributed by atoms with E-state index in [0.29, 0.717) is 17.8 Å². The maximum Gasteiger partial charge on any atom is 0.115 e. The molecule has 0 saturated heterocycles. The number of rotatable bonds is 4. The summed E-state index contributed by atoms with van der Waals surface area (Å²) < 4.78 is 0. The first kappa shape index (κ1) is 14.4. The lowest BCUT2D eigenvalue weighted by molar-refractivity contribution is 0.316. The fourth-order valence-corrected chi connectivity index (χ4v) is 3.20. The fraction of sp³-hybridized carbons (Fsp3) is 0.647. The zero-order valence-corrected chi connectivity index (χ0v) is 12.2. The molecular formula is C17H27NO. The van der Waals surface area contributed by atoms with Gasteiger partial charge in [-0.05, 0) is 50.3 Å². The minimum atomic E-state index is 0.341. The Kier molecular flexibility index (Phi) is 5.26. The van der Waals surface area contributed by atoms with Crippen molar-refractivity contribution in [3.8, 4) is 5.75 Å². The maximum absolute atomic E-state index is 9.34. The Hall–Kier alpha value is -1.02. The van der Waals surface area contributed by atoms with Gasteiger partial charge in [-0.2, -0.15) is 0 Å². The summed E-state index contributed by atoms with van der Waals surface area (Å²) >= 11 is 0. The summed E-state index contributed by atoms with van der Waals surface area (Å²) in [6.07, 6.45) is 8.36. The Morgan fingerprint density at radius 1 is 1.00 bits per heavy atom. The predicted molar refractivity (Wildman–Crippen MR) is 80.3 cm³/mol. The molecule has 2 nitrogen and oxygen atoms in total. The van der Waals surface area contributed by atoms with Crippen LogP contribution in [0.2, 0.25) is 0 Å². The molecule has 2 rings (SSSR count). The van der Waals surface area contributed by atoms with Gasteiger partial charge in [0, 0.05) is 12.1 Å². The summed E-state index contributed by atoms with van der Waals surface area (Å²) in [6.45, 7) is 4.53. The molecule has 1 aromatic carbocycles. The lowest BCUT2D eigenvalue weighted by Gasteiger charge is -2.27. The molecule has 1 fully saturated rings. The molecule has 2 atom stereocenters. The van der Waals surface area contributed by atoms with Crippen LogP contribution in [0.3, 0.4) is 0 Å². The number of benzene rings is 1. The minimum absolute atomic E-state index is 0.341. The smallest absolute Gasteiger partial charge is 0.115 e. The van der Waals surface area contributed by atoms with Gasteiger partial charge in [-0.25, -0.2) is 0 Å². The summed E-state index contributed by atoms with van der Waals surface area (Å²) in [5.74, 6) is 1.16. The van der Waals surface area contributed by atoms with Gasteiger partial charge in [-0.1, -0.05) is 37.8 Å². The lowest BCUT2D eigenvalue weighted by Crippen LogP contribution is -2.35. The number of phenols is 1. The molecule has 19 heavy (non-hydrogen) atoms. The zero-order chi connectivity index (χ0) is 13.7. The van der Waals surface area contributed by atoms with Gasteiger partial charge in [0.1, 0.15) is 5.75 Å². The van der Waals surface area contributed by atoms with E-state index in [2.05, 4.69) is 19.2 Å². The number of aromatic hydroxyl groups is 1. The molecule has 1 aromatic rings. The van der Waals surface area contributed by atoms with Gasteiger partial charge in [-0.15, -0.1) is 0 Å². The molecule has 0 radical (unpaired) electrons. The standard InChI is InChI=1S/C17H27NO/c1-13(15-7-5-3-4-6-8-15)18-14(2)16-9-11-17(19)12-10-16/h9-15,18-19H,3-8H2,1-2H3/t13-,14?/m0/s1. The molecule has 0 aromatic heterocycles. The van der Waals surface area contributed by atoms with Crippen molar-refractivity contribution in [2.45, 2.75) is 64.5 Å². The van der Waals surface area contributed by atoms with E-state index in [1.165, 1.54) is 44.1 Å². The van der Waals surface area contributed by atoms with Crippen LogP contribution >= 0.6 is 0 Å². The highest BCUT2D eigenvalue weighted by atomic mass is 16.3. The van der Waals surface area contributed by atoms with Crippen LogP contribution in [0.1, 0.15) is 64.0 Å². The average Bonchev–Trinajstić information content (AvgIpc) is 2.68. The van der Waals surface area contributed by atoms with Crippen LogP contribution in [0.25, 0.3) is 0 Å². The van der Waals surface area contributed by atoms with E-state index < -0.39 is 0 Å². The van der Waals surface area contributed by atoms with E-state index in [1.54, 1.807) is 12.1 Å². The minimum Gasteiger partial charge on any atom is -0.508 e. The molecule has 0 heterocycles. The molecule has 106 valence electrons. The highest BCUT2D eigenvalue weighted by molar-refractivity contribution is 5.27. The van der Waals surface area contributed by atoms with Crippen molar-refractivity contribution in [2.75, 3.05) is 0 Å². The van der Waals surface area contributed by atoms with Crippen molar-refractivity contribution in [3.63, 3.8) is 0 Å². The highest BCUT2D eigenvalue weighted by Crippen LogP contribution is 2.27. The summed E-state index contributed by atoms with van der Waals surface area (Å²) in [5.41, 5.74) is 1.25. The van der Waals surface area contributed by atoms with E-state index in [-0.39, 0.29) is 0 Å². The Balaban J connectivity index is 1.89. The highest BCUT2D eigenvalue weighted by Gasteiger charge is 2.20. The topological polar surface area (TPSA) is 32.3 Å². The van der Waals surface area contributed by atoms with Crippen molar-refractivity contribution in [2.24, 2.45) is 5.92 Å². The number of phenolic OH excluding ortho intramolecular Hbond substituents is 1. The Labute approximate surface area is 117 Å². The summed E-state index contributed by atoms with van der Waals surface area (Å²) in [6, 6.07) is 8.47. The van der Waals surface area contributed by atoms with Gasteiger partial charge in [0.2, 0.25) is 0 Å². The second-order valence-corrected chi connectivity index (χ2v) is 6.02. The first-order valence-electron chi connectivity index (χ1n) is 7.72. The van der Waals surface area contributed by atoms with Gasteiger partial charge in [0.25, 0.3) is 0 Å². The Bertz CT molecular complexity index is 365. The van der Waals surface area contributed by atoms with E-state index in [9.17, 15) is 5.11 Å². The van der Waals surface area contributed by atoms with Crippen LogP contribution in [0.5, 0.6) is 5.75 Å². The third-order valence-corrected chi connectivity index (χ3v) is 4.51.